The van der Waals surface area contributed by atoms with Crippen molar-refractivity contribution in [1.29, 1.82) is 0 Å². The molecule has 0 aromatic heterocycles. The molecule has 1 aromatic carbocycles. The highest BCUT2D eigenvalue weighted by molar-refractivity contribution is 8.00. The summed E-state index contributed by atoms with van der Waals surface area (Å²) in [4.78, 5) is 0. The third kappa shape index (κ3) is 3.33. The Morgan fingerprint density at radius 3 is 2.74 bits per heavy atom. The second kappa shape index (κ2) is 6.78. The SMILES string of the molecule is CCC(CC)(CNC1COCc2ccccc21)SC. The van der Waals surface area contributed by atoms with Crippen LogP contribution < -0.4 is 5.32 Å². The number of hydrogen-bond acceptors (Lipinski definition) is 3. The summed E-state index contributed by atoms with van der Waals surface area (Å²) in [6.07, 6.45) is 4.62. The standard InChI is InChI=1S/C16H25NOS/c1-4-16(5-2,19-3)12-17-15-11-18-10-13-8-6-7-9-14(13)15/h6-9,15,17H,4-5,10-12H2,1-3H3. The molecule has 1 aromatic rings. The van der Waals surface area contributed by atoms with Crippen molar-refractivity contribution in [3.8, 4) is 0 Å². The van der Waals surface area contributed by atoms with E-state index in [1.165, 1.54) is 24.0 Å². The average molecular weight is 279 g/mol. The molecule has 2 nitrogen and oxygen atoms in total. The number of ether oxygens (including phenoxy) is 1. The van der Waals surface area contributed by atoms with Gasteiger partial charge in [-0.25, -0.2) is 0 Å². The quantitative estimate of drug-likeness (QED) is 0.856. The molecule has 0 aliphatic carbocycles. The maximum atomic E-state index is 5.71. The van der Waals surface area contributed by atoms with E-state index in [1.54, 1.807) is 0 Å². The molecule has 2 rings (SSSR count). The molecule has 0 amide bonds. The van der Waals surface area contributed by atoms with Gasteiger partial charge in [0.1, 0.15) is 0 Å². The van der Waals surface area contributed by atoms with Crippen LogP contribution in [0.2, 0.25) is 0 Å². The number of thioether (sulfide) groups is 1. The molecular formula is C16H25NOS. The Hall–Kier alpha value is -0.510. The monoisotopic (exact) mass is 279 g/mol. The second-order valence-electron chi connectivity index (χ2n) is 5.24. The summed E-state index contributed by atoms with van der Waals surface area (Å²) in [6, 6.07) is 8.96. The summed E-state index contributed by atoms with van der Waals surface area (Å²) in [5, 5.41) is 3.73. The van der Waals surface area contributed by atoms with E-state index in [0.717, 1.165) is 19.8 Å². The first-order valence-corrected chi connectivity index (χ1v) is 8.41. The molecule has 1 atom stereocenters. The zero-order chi connectivity index (χ0) is 13.7. The van der Waals surface area contributed by atoms with Crippen molar-refractivity contribution >= 4 is 11.8 Å². The van der Waals surface area contributed by atoms with Gasteiger partial charge in [0.2, 0.25) is 0 Å². The molecule has 0 fully saturated rings. The molecule has 1 N–H and O–H groups in total. The van der Waals surface area contributed by atoms with Crippen LogP contribution in [0.5, 0.6) is 0 Å². The molecule has 0 spiro atoms. The van der Waals surface area contributed by atoms with Crippen LogP contribution in [0.3, 0.4) is 0 Å². The van der Waals surface area contributed by atoms with E-state index in [1.807, 2.05) is 11.8 Å². The first-order valence-electron chi connectivity index (χ1n) is 7.18. The highest BCUT2D eigenvalue weighted by Gasteiger charge is 2.27. The lowest BCUT2D eigenvalue weighted by molar-refractivity contribution is 0.0813. The number of nitrogens with one attached hydrogen (secondary N) is 1. The Labute approximate surface area is 121 Å². The summed E-state index contributed by atoms with van der Waals surface area (Å²) in [7, 11) is 0. The third-order valence-electron chi connectivity index (χ3n) is 4.36. The van der Waals surface area contributed by atoms with Gasteiger partial charge >= 0.3 is 0 Å². The van der Waals surface area contributed by atoms with Gasteiger partial charge in [-0.2, -0.15) is 11.8 Å². The van der Waals surface area contributed by atoms with Gasteiger partial charge in [0.15, 0.2) is 0 Å². The largest absolute Gasteiger partial charge is 0.375 e. The summed E-state index contributed by atoms with van der Waals surface area (Å²) in [5.41, 5.74) is 2.74. The summed E-state index contributed by atoms with van der Waals surface area (Å²) >= 11 is 1.98. The minimum Gasteiger partial charge on any atom is -0.375 e. The van der Waals surface area contributed by atoms with Gasteiger partial charge in [0, 0.05) is 11.3 Å². The molecule has 1 aliphatic heterocycles. The van der Waals surface area contributed by atoms with Crippen molar-refractivity contribution in [3.05, 3.63) is 35.4 Å². The van der Waals surface area contributed by atoms with Gasteiger partial charge in [-0.05, 0) is 30.2 Å². The topological polar surface area (TPSA) is 21.3 Å². The van der Waals surface area contributed by atoms with Crippen molar-refractivity contribution in [2.24, 2.45) is 0 Å². The fourth-order valence-corrected chi connectivity index (χ4v) is 3.53. The van der Waals surface area contributed by atoms with Gasteiger partial charge in [-0.1, -0.05) is 38.1 Å². The van der Waals surface area contributed by atoms with E-state index < -0.39 is 0 Å². The molecule has 0 bridgehead atoms. The fourth-order valence-electron chi connectivity index (χ4n) is 2.72. The first kappa shape index (κ1) is 14.9. The van der Waals surface area contributed by atoms with Crippen molar-refractivity contribution in [2.45, 2.75) is 44.1 Å². The van der Waals surface area contributed by atoms with Crippen molar-refractivity contribution in [1.82, 2.24) is 5.32 Å². The number of fused-ring (bicyclic) bond motifs is 1. The van der Waals surface area contributed by atoms with Gasteiger partial charge in [0.05, 0.1) is 19.3 Å². The number of hydrogen-bond donors (Lipinski definition) is 1. The van der Waals surface area contributed by atoms with Gasteiger partial charge in [0.25, 0.3) is 0 Å². The van der Waals surface area contributed by atoms with Gasteiger partial charge in [-0.3, -0.25) is 0 Å². The van der Waals surface area contributed by atoms with E-state index in [-0.39, 0.29) is 0 Å². The van der Waals surface area contributed by atoms with Crippen molar-refractivity contribution in [3.63, 3.8) is 0 Å². The molecular weight excluding hydrogens is 254 g/mol. The second-order valence-corrected chi connectivity index (χ2v) is 6.52. The first-order chi connectivity index (χ1) is 9.24. The summed E-state index contributed by atoms with van der Waals surface area (Å²) in [6.45, 7) is 7.15. The molecule has 1 unspecified atom stereocenters. The average Bonchev–Trinajstić information content (AvgIpc) is 2.49. The van der Waals surface area contributed by atoms with E-state index in [0.29, 0.717) is 10.8 Å². The molecule has 1 aliphatic rings. The summed E-state index contributed by atoms with van der Waals surface area (Å²) in [5.74, 6) is 0. The van der Waals surface area contributed by atoms with Crippen molar-refractivity contribution in [2.75, 3.05) is 19.4 Å². The Kier molecular flexibility index (Phi) is 5.31. The molecule has 106 valence electrons. The zero-order valence-corrected chi connectivity index (χ0v) is 13.1. The van der Waals surface area contributed by atoms with Crippen LogP contribution >= 0.6 is 11.8 Å². The van der Waals surface area contributed by atoms with Crippen LogP contribution in [-0.2, 0) is 11.3 Å². The molecule has 0 saturated carbocycles. The highest BCUT2D eigenvalue weighted by atomic mass is 32.2. The number of benzene rings is 1. The highest BCUT2D eigenvalue weighted by Crippen LogP contribution is 2.31. The lowest BCUT2D eigenvalue weighted by Gasteiger charge is -2.34. The van der Waals surface area contributed by atoms with E-state index >= 15 is 0 Å². The van der Waals surface area contributed by atoms with Crippen LogP contribution in [0.25, 0.3) is 0 Å². The van der Waals surface area contributed by atoms with Crippen LogP contribution in [0.4, 0.5) is 0 Å². The van der Waals surface area contributed by atoms with Crippen LogP contribution in [-0.4, -0.2) is 24.2 Å². The molecule has 0 radical (unpaired) electrons. The predicted octanol–water partition coefficient (Wildman–Crippen LogP) is 3.77. The lowest BCUT2D eigenvalue weighted by atomic mass is 9.97. The zero-order valence-electron chi connectivity index (χ0n) is 12.2. The molecule has 1 heterocycles. The lowest BCUT2D eigenvalue weighted by Crippen LogP contribution is -2.40. The van der Waals surface area contributed by atoms with Gasteiger partial charge < -0.3 is 10.1 Å². The Balaban J connectivity index is 2.05. The predicted molar refractivity (Wildman–Crippen MR) is 83.7 cm³/mol. The van der Waals surface area contributed by atoms with E-state index in [9.17, 15) is 0 Å². The van der Waals surface area contributed by atoms with Crippen LogP contribution in [0.1, 0.15) is 43.9 Å². The Morgan fingerprint density at radius 2 is 2.05 bits per heavy atom. The minimum absolute atomic E-state index is 0.342. The maximum Gasteiger partial charge on any atom is 0.0721 e. The van der Waals surface area contributed by atoms with E-state index in [4.69, 9.17) is 4.74 Å². The van der Waals surface area contributed by atoms with Crippen molar-refractivity contribution < 1.29 is 4.74 Å². The summed E-state index contributed by atoms with van der Waals surface area (Å²) < 4.78 is 6.06. The molecule has 3 heteroatoms. The van der Waals surface area contributed by atoms with Crippen LogP contribution in [0, 0.1) is 0 Å². The molecule has 19 heavy (non-hydrogen) atoms. The smallest absolute Gasteiger partial charge is 0.0721 e. The molecule has 0 saturated heterocycles. The number of rotatable bonds is 6. The fraction of sp³-hybridized carbons (Fsp3) is 0.625. The third-order valence-corrected chi connectivity index (χ3v) is 5.95. The minimum atomic E-state index is 0.342. The van der Waals surface area contributed by atoms with Gasteiger partial charge in [-0.15, -0.1) is 0 Å². The Bertz CT molecular complexity index is 395. The van der Waals surface area contributed by atoms with Crippen LogP contribution in [0.15, 0.2) is 24.3 Å². The maximum absolute atomic E-state index is 5.71. The van der Waals surface area contributed by atoms with E-state index in [2.05, 4.69) is 49.7 Å². The Morgan fingerprint density at radius 1 is 1.32 bits per heavy atom. The normalized spacial score (nSPS) is 19.2.